The molecule has 3 rings (SSSR count). The van der Waals surface area contributed by atoms with Gasteiger partial charge in [0.1, 0.15) is 0 Å². The molecule has 4 nitrogen and oxygen atoms in total. The topological polar surface area (TPSA) is 52.1 Å². The van der Waals surface area contributed by atoms with Crippen molar-refractivity contribution >= 4 is 5.97 Å². The molecule has 0 atom stereocenters. The van der Waals surface area contributed by atoms with Crippen molar-refractivity contribution in [2.45, 2.75) is 13.8 Å². The molecule has 0 amide bonds. The van der Waals surface area contributed by atoms with Crippen LogP contribution >= 0.6 is 0 Å². The summed E-state index contributed by atoms with van der Waals surface area (Å²) in [5.74, 6) is -0.445. The maximum atomic E-state index is 12.2. The van der Waals surface area contributed by atoms with E-state index < -0.39 is 5.97 Å². The predicted octanol–water partition coefficient (Wildman–Crippen LogP) is 4.30. The third-order valence-electron chi connectivity index (χ3n) is 3.63. The second kappa shape index (κ2) is 7.04. The molecule has 1 heterocycles. The van der Waals surface area contributed by atoms with Crippen LogP contribution in [0.3, 0.4) is 0 Å². The number of rotatable bonds is 4. The quantitative estimate of drug-likeness (QED) is 0.673. The van der Waals surface area contributed by atoms with Crippen molar-refractivity contribution in [2.24, 2.45) is 0 Å². The first-order chi connectivity index (χ1) is 11.7. The van der Waals surface area contributed by atoms with Crippen LogP contribution in [0.15, 0.2) is 60.7 Å². The Hall–Kier alpha value is -3.01. The predicted molar refractivity (Wildman–Crippen MR) is 93.6 cm³/mol. The number of hydrogen-bond acceptors (Lipinski definition) is 4. The first-order valence-electron chi connectivity index (χ1n) is 7.87. The van der Waals surface area contributed by atoms with Gasteiger partial charge in [0, 0.05) is 11.1 Å². The Balaban J connectivity index is 2.22. The first kappa shape index (κ1) is 15.9. The van der Waals surface area contributed by atoms with Crippen molar-refractivity contribution in [1.29, 1.82) is 0 Å². The second-order valence-electron chi connectivity index (χ2n) is 5.31. The standard InChI is InChI=1S/C20H18N2O2/c1-3-24-20(23)17-14(2)21-18(15-10-6-4-7-11-15)19(22-17)16-12-8-5-9-13-16/h4-13H,3H2,1-2H3. The molecular formula is C20H18N2O2. The number of esters is 1. The lowest BCUT2D eigenvalue weighted by Gasteiger charge is -2.12. The van der Waals surface area contributed by atoms with E-state index in [1.807, 2.05) is 60.7 Å². The summed E-state index contributed by atoms with van der Waals surface area (Å²) in [6.07, 6.45) is 0. The molecule has 0 saturated carbocycles. The van der Waals surface area contributed by atoms with Crippen molar-refractivity contribution in [3.63, 3.8) is 0 Å². The largest absolute Gasteiger partial charge is 0.461 e. The van der Waals surface area contributed by atoms with Crippen molar-refractivity contribution in [2.75, 3.05) is 6.61 Å². The minimum absolute atomic E-state index is 0.260. The fourth-order valence-corrected chi connectivity index (χ4v) is 2.51. The third-order valence-corrected chi connectivity index (χ3v) is 3.63. The Morgan fingerprint density at radius 2 is 1.38 bits per heavy atom. The van der Waals surface area contributed by atoms with Crippen LogP contribution in [0.5, 0.6) is 0 Å². The number of aromatic nitrogens is 2. The molecule has 3 aromatic rings. The van der Waals surface area contributed by atoms with Gasteiger partial charge >= 0.3 is 5.97 Å². The van der Waals surface area contributed by atoms with Crippen LogP contribution in [0.1, 0.15) is 23.1 Å². The molecule has 0 saturated heterocycles. The Bertz CT molecular complexity index is 846. The van der Waals surface area contributed by atoms with Crippen LogP contribution in [-0.2, 0) is 4.74 Å². The molecule has 2 aromatic carbocycles. The zero-order valence-corrected chi connectivity index (χ0v) is 13.7. The zero-order valence-electron chi connectivity index (χ0n) is 13.7. The Morgan fingerprint density at radius 1 is 0.875 bits per heavy atom. The summed E-state index contributed by atoms with van der Waals surface area (Å²) in [6, 6.07) is 19.6. The lowest BCUT2D eigenvalue weighted by atomic mass is 10.0. The Labute approximate surface area is 141 Å². The van der Waals surface area contributed by atoms with Crippen molar-refractivity contribution in [1.82, 2.24) is 9.97 Å². The van der Waals surface area contributed by atoms with Gasteiger partial charge in [-0.15, -0.1) is 0 Å². The normalized spacial score (nSPS) is 10.4. The molecule has 0 unspecified atom stereocenters. The molecule has 4 heteroatoms. The van der Waals surface area contributed by atoms with E-state index in [4.69, 9.17) is 4.74 Å². The van der Waals surface area contributed by atoms with Gasteiger partial charge in [0.2, 0.25) is 0 Å². The van der Waals surface area contributed by atoms with E-state index in [0.29, 0.717) is 18.0 Å². The SMILES string of the molecule is CCOC(=O)c1nc(-c2ccccc2)c(-c2ccccc2)nc1C. The van der Waals surface area contributed by atoms with Crippen LogP contribution < -0.4 is 0 Å². The monoisotopic (exact) mass is 318 g/mol. The van der Waals surface area contributed by atoms with E-state index in [1.165, 1.54) is 0 Å². The van der Waals surface area contributed by atoms with Crippen LogP contribution in [-0.4, -0.2) is 22.5 Å². The third kappa shape index (κ3) is 3.18. The van der Waals surface area contributed by atoms with E-state index in [2.05, 4.69) is 9.97 Å². The number of carbonyl (C=O) groups excluding carboxylic acids is 1. The maximum absolute atomic E-state index is 12.2. The summed E-state index contributed by atoms with van der Waals surface area (Å²) in [6.45, 7) is 3.86. The molecule has 24 heavy (non-hydrogen) atoms. The number of ether oxygens (including phenoxy) is 1. The smallest absolute Gasteiger partial charge is 0.358 e. The van der Waals surface area contributed by atoms with Crippen molar-refractivity contribution in [3.8, 4) is 22.5 Å². The fourth-order valence-electron chi connectivity index (χ4n) is 2.51. The number of nitrogens with zero attached hydrogens (tertiary/aromatic N) is 2. The van der Waals surface area contributed by atoms with Crippen molar-refractivity contribution in [3.05, 3.63) is 72.1 Å². The van der Waals surface area contributed by atoms with E-state index in [9.17, 15) is 4.79 Å². The highest BCUT2D eigenvalue weighted by Gasteiger charge is 2.19. The van der Waals surface area contributed by atoms with Gasteiger partial charge in [0.25, 0.3) is 0 Å². The van der Waals surface area contributed by atoms with Crippen LogP contribution in [0.2, 0.25) is 0 Å². The Kier molecular flexibility index (Phi) is 4.66. The van der Waals surface area contributed by atoms with Gasteiger partial charge < -0.3 is 4.74 Å². The Morgan fingerprint density at radius 3 is 1.88 bits per heavy atom. The van der Waals surface area contributed by atoms with Gasteiger partial charge in [-0.05, 0) is 13.8 Å². The highest BCUT2D eigenvalue weighted by atomic mass is 16.5. The van der Waals surface area contributed by atoms with Crippen LogP contribution in [0, 0.1) is 6.92 Å². The molecule has 0 fully saturated rings. The number of hydrogen-bond donors (Lipinski definition) is 0. The second-order valence-corrected chi connectivity index (χ2v) is 5.31. The number of carbonyl (C=O) groups is 1. The molecule has 120 valence electrons. The lowest BCUT2D eigenvalue weighted by Crippen LogP contribution is -2.12. The first-order valence-corrected chi connectivity index (χ1v) is 7.87. The molecular weight excluding hydrogens is 300 g/mol. The summed E-state index contributed by atoms with van der Waals surface area (Å²) in [4.78, 5) is 21.4. The summed E-state index contributed by atoms with van der Waals surface area (Å²) in [5.41, 5.74) is 4.13. The van der Waals surface area contributed by atoms with Gasteiger partial charge in [-0.3, -0.25) is 0 Å². The van der Waals surface area contributed by atoms with Gasteiger partial charge in [0.15, 0.2) is 5.69 Å². The summed E-state index contributed by atoms with van der Waals surface area (Å²) >= 11 is 0. The van der Waals surface area contributed by atoms with Gasteiger partial charge in [-0.2, -0.15) is 0 Å². The molecule has 1 aromatic heterocycles. The van der Waals surface area contributed by atoms with Crippen LogP contribution in [0.4, 0.5) is 0 Å². The van der Waals surface area contributed by atoms with E-state index in [1.54, 1.807) is 13.8 Å². The molecule has 0 N–H and O–H groups in total. The summed E-state index contributed by atoms with van der Waals surface area (Å²) < 4.78 is 5.10. The molecule has 0 radical (unpaired) electrons. The molecule has 0 bridgehead atoms. The average molecular weight is 318 g/mol. The minimum Gasteiger partial charge on any atom is -0.461 e. The fraction of sp³-hybridized carbons (Fsp3) is 0.150. The molecule has 0 aliphatic heterocycles. The lowest BCUT2D eigenvalue weighted by molar-refractivity contribution is 0.0518. The van der Waals surface area contributed by atoms with Gasteiger partial charge in [0.05, 0.1) is 23.7 Å². The summed E-state index contributed by atoms with van der Waals surface area (Å²) in [5, 5.41) is 0. The molecule has 0 aliphatic carbocycles. The highest BCUT2D eigenvalue weighted by molar-refractivity contribution is 5.90. The van der Waals surface area contributed by atoms with Crippen molar-refractivity contribution < 1.29 is 9.53 Å². The van der Waals surface area contributed by atoms with E-state index in [-0.39, 0.29) is 5.69 Å². The number of aryl methyl sites for hydroxylation is 1. The highest BCUT2D eigenvalue weighted by Crippen LogP contribution is 2.29. The number of benzene rings is 2. The molecule has 0 aliphatic rings. The zero-order chi connectivity index (χ0) is 16.9. The van der Waals surface area contributed by atoms with E-state index in [0.717, 1.165) is 16.8 Å². The van der Waals surface area contributed by atoms with Gasteiger partial charge in [-0.1, -0.05) is 60.7 Å². The van der Waals surface area contributed by atoms with Gasteiger partial charge in [-0.25, -0.2) is 14.8 Å². The van der Waals surface area contributed by atoms with Crippen LogP contribution in [0.25, 0.3) is 22.5 Å². The minimum atomic E-state index is -0.445. The molecule has 0 spiro atoms. The maximum Gasteiger partial charge on any atom is 0.358 e. The average Bonchev–Trinajstić information content (AvgIpc) is 2.63. The van der Waals surface area contributed by atoms with E-state index >= 15 is 0 Å². The summed E-state index contributed by atoms with van der Waals surface area (Å²) in [7, 11) is 0.